The van der Waals surface area contributed by atoms with E-state index in [2.05, 4.69) is 121 Å². The molecule has 4 saturated carbocycles. The van der Waals surface area contributed by atoms with Gasteiger partial charge in [-0.2, -0.15) is 0 Å². The molecule has 8 aliphatic rings. The molecule has 8 heteroatoms. The summed E-state index contributed by atoms with van der Waals surface area (Å²) < 4.78 is 5.60. The van der Waals surface area contributed by atoms with Gasteiger partial charge in [0, 0.05) is 13.3 Å². The minimum Gasteiger partial charge on any atom is -1.00 e. The Hall–Kier alpha value is -0.467. The van der Waals surface area contributed by atoms with Crippen molar-refractivity contribution in [3.63, 3.8) is 0 Å². The summed E-state index contributed by atoms with van der Waals surface area (Å²) in [6, 6.07) is 14.2. The summed E-state index contributed by atoms with van der Waals surface area (Å²) in [5.41, 5.74) is 16.1. The maximum atomic E-state index is 11.5. The molecule has 0 radical (unpaired) electrons. The summed E-state index contributed by atoms with van der Waals surface area (Å²) in [6.45, 7) is 20.4. The van der Waals surface area contributed by atoms with Crippen LogP contribution in [0.25, 0.3) is 11.1 Å². The number of ether oxygens (including phenoxy) is 1. The van der Waals surface area contributed by atoms with Gasteiger partial charge in [0.1, 0.15) is 6.10 Å². The molecule has 0 aromatic heterocycles. The van der Waals surface area contributed by atoms with Crippen LogP contribution >= 0.6 is 0 Å². The fourth-order valence-corrected chi connectivity index (χ4v) is 15.9. The van der Waals surface area contributed by atoms with E-state index in [4.69, 9.17) is 14.8 Å². The second-order valence-corrected chi connectivity index (χ2v) is 22.5. The number of aryl methyl sites for hydroxylation is 4. The molecule has 0 aliphatic heterocycles. The van der Waals surface area contributed by atoms with Gasteiger partial charge in [0.2, 0.25) is 0 Å². The van der Waals surface area contributed by atoms with Crippen molar-refractivity contribution < 1.29 is 134 Å². The Labute approximate surface area is 478 Å². The van der Waals surface area contributed by atoms with Crippen molar-refractivity contribution in [1.82, 2.24) is 0 Å². The number of esters is 1. The van der Waals surface area contributed by atoms with Crippen LogP contribution in [0.1, 0.15) is 159 Å². The number of carbonyl (C=O) groups is 2. The Kier molecular flexibility index (Phi) is 17.8. The number of allylic oxidation sites excluding steroid dienone is 6. The molecule has 8 aliphatic carbocycles. The Morgan fingerprint density at radius 3 is 1.43 bits per heavy atom. The van der Waals surface area contributed by atoms with Crippen LogP contribution in [0.5, 0.6) is 0 Å². The van der Waals surface area contributed by atoms with E-state index < -0.39 is 0 Å². The summed E-state index contributed by atoms with van der Waals surface area (Å²) in [5.74, 6) is 4.57. The average Bonchev–Trinajstić information content (AvgIpc) is 3.77. The smallest absolute Gasteiger partial charge is 1.00 e. The predicted molar refractivity (Wildman–Crippen MR) is 252 cm³/mol. The number of rotatable bonds is 4. The Morgan fingerprint density at radius 1 is 0.615 bits per heavy atom. The normalized spacial score (nSPS) is 37.1. The third-order valence-corrected chi connectivity index (χ3v) is 18.7. The van der Waals surface area contributed by atoms with Crippen LogP contribution in [0.4, 0.5) is 0 Å². The maximum Gasteiger partial charge on any atom is 1.00 e. The van der Waals surface area contributed by atoms with E-state index in [9.17, 15) is 9.90 Å². The molecule has 4 fully saturated rings. The van der Waals surface area contributed by atoms with Gasteiger partial charge < -0.3 is 21.4 Å². The first-order valence-electron chi connectivity index (χ1n) is 24.5. The Bertz CT molecular complexity index is 2190. The number of benzene rings is 2. The zero-order chi connectivity index (χ0) is 45.1. The van der Waals surface area contributed by atoms with Gasteiger partial charge in [-0.1, -0.05) is 122 Å². The molecule has 2 aromatic carbocycles. The molecule has 342 valence electrons. The molecule has 0 saturated heterocycles. The number of fused-ring (bicyclic) bond motifs is 10. The molecule has 0 heterocycles. The molecular weight excluding hydrogens is 859 g/mol. The fraction of sp³-hybridized carbons (Fsp3) is 0.614. The van der Waals surface area contributed by atoms with Crippen LogP contribution in [0.2, 0.25) is 0 Å². The molecule has 12 atom stereocenters. The number of aliphatic hydroxyl groups is 1. The van der Waals surface area contributed by atoms with Crippen LogP contribution in [0.3, 0.4) is 0 Å². The Morgan fingerprint density at radius 2 is 1.02 bits per heavy atom. The molecular formula is C57H76K2O6. The van der Waals surface area contributed by atoms with Crippen molar-refractivity contribution >= 4 is 23.6 Å². The topological polar surface area (TPSA) is 95.9 Å². The van der Waals surface area contributed by atoms with Gasteiger partial charge in [0.25, 0.3) is 6.47 Å². The van der Waals surface area contributed by atoms with Crippen LogP contribution in [0.15, 0.2) is 71.8 Å². The molecule has 10 rings (SSSR count). The van der Waals surface area contributed by atoms with Crippen molar-refractivity contribution in [1.29, 1.82) is 0 Å². The number of aliphatic hydroxyl groups excluding tert-OH is 1. The SMILES string of the molecule is CC(=O)O[C@H]1CC[C@@]2(C)C(=CC[C@@H]3[C@@H]2CC[C@]2(C)C(c4cc(C)cc(C)c4)=CC[C@@H]32)C1.Cc1cc(C)cc(C2=CC[C@H]3[C@@H]4CC=C5C[C@@H](O)CC[C@]5(C)[C@H]4CC[C@]23C)c1.O=CO[O-].[H-].[K+].[K+]. The van der Waals surface area contributed by atoms with Gasteiger partial charge in [-0.05, 0) is 191 Å². The van der Waals surface area contributed by atoms with Crippen LogP contribution in [0, 0.1) is 84.9 Å². The first-order valence-corrected chi connectivity index (χ1v) is 24.5. The van der Waals surface area contributed by atoms with Gasteiger partial charge in [-0.15, -0.1) is 0 Å². The zero-order valence-corrected chi connectivity index (χ0v) is 48.1. The van der Waals surface area contributed by atoms with Crippen LogP contribution in [-0.4, -0.2) is 29.8 Å². The molecule has 0 unspecified atom stereocenters. The third-order valence-electron chi connectivity index (χ3n) is 18.7. The summed E-state index contributed by atoms with van der Waals surface area (Å²) in [4.78, 5) is 22.7. The molecule has 0 spiro atoms. The van der Waals surface area contributed by atoms with Crippen molar-refractivity contribution in [3.8, 4) is 0 Å². The third kappa shape index (κ3) is 10.3. The van der Waals surface area contributed by atoms with E-state index in [1.165, 1.54) is 97.6 Å². The molecule has 1 N–H and O–H groups in total. The van der Waals surface area contributed by atoms with E-state index in [1.54, 1.807) is 29.2 Å². The largest absolute Gasteiger partial charge is 1.00 e. The maximum absolute atomic E-state index is 11.5. The molecule has 2 aromatic rings. The Balaban J connectivity index is 0.000000221. The zero-order valence-electron chi connectivity index (χ0n) is 42.9. The van der Waals surface area contributed by atoms with Crippen molar-refractivity contribution in [2.45, 2.75) is 164 Å². The van der Waals surface area contributed by atoms with E-state index in [0.717, 1.165) is 61.2 Å². The average molecular weight is 935 g/mol. The molecule has 0 bridgehead atoms. The van der Waals surface area contributed by atoms with E-state index >= 15 is 0 Å². The first-order chi connectivity index (χ1) is 29.9. The van der Waals surface area contributed by atoms with Crippen molar-refractivity contribution in [3.05, 3.63) is 105 Å². The second-order valence-electron chi connectivity index (χ2n) is 22.5. The van der Waals surface area contributed by atoms with Gasteiger partial charge in [-0.25, -0.2) is 0 Å². The number of carbonyl (C=O) groups excluding carboxylic acids is 2. The van der Waals surface area contributed by atoms with Crippen molar-refractivity contribution in [2.75, 3.05) is 0 Å². The van der Waals surface area contributed by atoms with Crippen LogP contribution in [-0.2, 0) is 19.2 Å². The van der Waals surface area contributed by atoms with Crippen LogP contribution < -0.4 is 108 Å². The van der Waals surface area contributed by atoms with Gasteiger partial charge >= 0.3 is 109 Å². The number of hydrogen-bond acceptors (Lipinski definition) is 6. The van der Waals surface area contributed by atoms with Gasteiger partial charge in [0.05, 0.1) is 6.10 Å². The summed E-state index contributed by atoms with van der Waals surface area (Å²) in [5, 5.41) is 18.6. The summed E-state index contributed by atoms with van der Waals surface area (Å²) >= 11 is 0. The first kappa shape index (κ1) is 53.9. The second kappa shape index (κ2) is 21.5. The van der Waals surface area contributed by atoms with Gasteiger partial charge in [0.15, 0.2) is 0 Å². The predicted octanol–water partition coefficient (Wildman–Crippen LogP) is 6.37. The monoisotopic (exact) mass is 934 g/mol. The van der Waals surface area contributed by atoms with E-state index in [1.807, 2.05) is 0 Å². The van der Waals surface area contributed by atoms with Crippen molar-refractivity contribution in [2.24, 2.45) is 57.2 Å². The minimum atomic E-state index is -0.181. The minimum absolute atomic E-state index is 0. The standard InChI is InChI=1S/C29H38O2.C27H36O.CH2O3.2K.H/c1-18-14-19(2)16-21(15-18)25-8-9-26-24-7-6-22-17-23(31-20(3)30)10-12-28(22,4)27(24)11-13-29(25,26)5;1-17-13-18(2)15-19(14-17)23-7-8-24-22-6-5-20-16-21(28)9-11-26(20,3)25(22)10-12-27(23,24)4;2-1-4-3;;;/h6,8,14-16,23-24,26-27H,7,9-13,17H2,1-5H3;5,7,13-15,21-22,24-25,28H,6,8-12,16H2,1-4H3;1,3H;;;/q;;;2*+1;-1/p-1/t23-,24-,26-,27-,28-,29+;21-,22-,24-,25-,26-,27+;;;;/m00..../s1. The molecule has 0 amide bonds. The number of hydrogen-bond donors (Lipinski definition) is 1. The molecule has 65 heavy (non-hydrogen) atoms. The summed E-state index contributed by atoms with van der Waals surface area (Å²) in [7, 11) is 0. The van der Waals surface area contributed by atoms with Gasteiger partial charge in [-0.3, -0.25) is 9.59 Å². The molecule has 6 nitrogen and oxygen atoms in total. The van der Waals surface area contributed by atoms with E-state index in [-0.39, 0.29) is 129 Å². The summed E-state index contributed by atoms with van der Waals surface area (Å²) in [6.07, 6.45) is 26.7. The quantitative estimate of drug-likeness (QED) is 0.0958. The fourth-order valence-electron chi connectivity index (χ4n) is 15.9. The van der Waals surface area contributed by atoms with E-state index in [0.29, 0.717) is 21.7 Å².